The molecule has 0 amide bonds. The molecule has 0 bridgehead atoms. The van der Waals surface area contributed by atoms with Gasteiger partial charge in [0.25, 0.3) is 0 Å². The fraction of sp³-hybridized carbons (Fsp3) is 0.400. The molecule has 1 aliphatic heterocycles. The SMILES string of the molecule is c1ncc([C@H]2CO2)s1. The molecule has 1 aromatic heterocycles. The van der Waals surface area contributed by atoms with E-state index >= 15 is 0 Å². The van der Waals surface area contributed by atoms with Gasteiger partial charge in [0, 0.05) is 6.20 Å². The highest BCUT2D eigenvalue weighted by atomic mass is 32.1. The number of hydrogen-bond donors (Lipinski definition) is 0. The molecule has 1 aliphatic rings. The van der Waals surface area contributed by atoms with E-state index in [4.69, 9.17) is 4.74 Å². The van der Waals surface area contributed by atoms with Crippen LogP contribution in [0.3, 0.4) is 0 Å². The second-order valence-electron chi connectivity index (χ2n) is 1.73. The molecule has 1 fully saturated rings. The third kappa shape index (κ3) is 0.638. The fourth-order valence-electron chi connectivity index (χ4n) is 0.597. The molecule has 2 rings (SSSR count). The Bertz CT molecular complexity index is 169. The van der Waals surface area contributed by atoms with Crippen molar-refractivity contribution in [1.82, 2.24) is 4.98 Å². The maximum atomic E-state index is 5.02. The van der Waals surface area contributed by atoms with Crippen molar-refractivity contribution in [1.29, 1.82) is 0 Å². The van der Waals surface area contributed by atoms with Crippen LogP contribution in [0.1, 0.15) is 11.0 Å². The molecule has 0 unspecified atom stereocenters. The maximum Gasteiger partial charge on any atom is 0.117 e. The summed E-state index contributed by atoms with van der Waals surface area (Å²) in [5.41, 5.74) is 1.83. The molecule has 42 valence electrons. The molecule has 0 aromatic carbocycles. The van der Waals surface area contributed by atoms with E-state index in [0.717, 1.165) is 6.61 Å². The Morgan fingerprint density at radius 1 is 1.88 bits per heavy atom. The molecule has 2 heterocycles. The van der Waals surface area contributed by atoms with Crippen LogP contribution < -0.4 is 0 Å². The lowest BCUT2D eigenvalue weighted by molar-refractivity contribution is 0.418. The molecule has 0 aliphatic carbocycles. The topological polar surface area (TPSA) is 25.4 Å². The molecule has 0 radical (unpaired) electrons. The van der Waals surface area contributed by atoms with Crippen molar-refractivity contribution >= 4 is 11.3 Å². The van der Waals surface area contributed by atoms with Gasteiger partial charge in [-0.2, -0.15) is 0 Å². The molecule has 0 saturated carbocycles. The number of aromatic nitrogens is 1. The Balaban J connectivity index is 2.28. The van der Waals surface area contributed by atoms with Crippen molar-refractivity contribution in [3.8, 4) is 0 Å². The minimum Gasteiger partial charge on any atom is -0.367 e. The largest absolute Gasteiger partial charge is 0.367 e. The summed E-state index contributed by atoms with van der Waals surface area (Å²) in [7, 11) is 0. The first kappa shape index (κ1) is 4.47. The van der Waals surface area contributed by atoms with Crippen molar-refractivity contribution in [2.24, 2.45) is 0 Å². The summed E-state index contributed by atoms with van der Waals surface area (Å²) >= 11 is 1.66. The van der Waals surface area contributed by atoms with Gasteiger partial charge < -0.3 is 4.74 Å². The first-order valence-electron chi connectivity index (χ1n) is 2.47. The Morgan fingerprint density at radius 3 is 3.25 bits per heavy atom. The summed E-state index contributed by atoms with van der Waals surface area (Å²) < 4.78 is 5.02. The van der Waals surface area contributed by atoms with Crippen LogP contribution in [0.2, 0.25) is 0 Å². The summed E-state index contributed by atoms with van der Waals surface area (Å²) in [6.45, 7) is 0.891. The molecular weight excluding hydrogens is 122 g/mol. The van der Waals surface area contributed by atoms with Crippen LogP contribution in [-0.4, -0.2) is 11.6 Å². The zero-order valence-electron chi connectivity index (χ0n) is 4.20. The summed E-state index contributed by atoms with van der Waals surface area (Å²) in [6, 6.07) is 0. The highest BCUT2D eigenvalue weighted by Gasteiger charge is 2.25. The summed E-state index contributed by atoms with van der Waals surface area (Å²) in [4.78, 5) is 5.18. The van der Waals surface area contributed by atoms with Crippen LogP contribution in [0.25, 0.3) is 0 Å². The third-order valence-electron chi connectivity index (χ3n) is 1.10. The van der Waals surface area contributed by atoms with Gasteiger partial charge in [-0.05, 0) is 0 Å². The highest BCUT2D eigenvalue weighted by molar-refractivity contribution is 7.09. The van der Waals surface area contributed by atoms with Crippen molar-refractivity contribution in [3.05, 3.63) is 16.6 Å². The third-order valence-corrected chi connectivity index (χ3v) is 1.97. The monoisotopic (exact) mass is 127 g/mol. The minimum absolute atomic E-state index is 0.391. The zero-order valence-corrected chi connectivity index (χ0v) is 5.02. The molecular formula is C5H5NOS. The summed E-state index contributed by atoms with van der Waals surface area (Å²) in [5.74, 6) is 0. The van der Waals surface area contributed by atoms with E-state index in [2.05, 4.69) is 4.98 Å². The molecule has 1 saturated heterocycles. The Labute approximate surface area is 51.1 Å². The highest BCUT2D eigenvalue weighted by Crippen LogP contribution is 2.31. The van der Waals surface area contributed by atoms with Gasteiger partial charge in [0.15, 0.2) is 0 Å². The average Bonchev–Trinajstić information content (AvgIpc) is 2.49. The lowest BCUT2D eigenvalue weighted by Crippen LogP contribution is -1.66. The van der Waals surface area contributed by atoms with Gasteiger partial charge in [0.05, 0.1) is 17.0 Å². The molecule has 0 N–H and O–H groups in total. The van der Waals surface area contributed by atoms with Crippen LogP contribution in [0.4, 0.5) is 0 Å². The number of epoxide rings is 1. The smallest absolute Gasteiger partial charge is 0.117 e. The predicted molar refractivity (Wildman–Crippen MR) is 30.8 cm³/mol. The quantitative estimate of drug-likeness (QED) is 0.530. The summed E-state index contributed by atoms with van der Waals surface area (Å²) in [5, 5.41) is 0. The zero-order chi connectivity index (χ0) is 5.40. The number of rotatable bonds is 1. The van der Waals surface area contributed by atoms with Crippen molar-refractivity contribution in [3.63, 3.8) is 0 Å². The molecule has 1 atom stereocenters. The summed E-state index contributed by atoms with van der Waals surface area (Å²) in [6.07, 6.45) is 2.25. The normalized spacial score (nSPS) is 25.8. The number of nitrogens with zero attached hydrogens (tertiary/aromatic N) is 1. The van der Waals surface area contributed by atoms with E-state index in [9.17, 15) is 0 Å². The number of ether oxygens (including phenoxy) is 1. The lowest BCUT2D eigenvalue weighted by Gasteiger charge is -1.77. The number of thiazole rings is 1. The van der Waals surface area contributed by atoms with Crippen molar-refractivity contribution in [2.45, 2.75) is 6.10 Å². The molecule has 1 aromatic rings. The molecule has 2 nitrogen and oxygen atoms in total. The number of hydrogen-bond acceptors (Lipinski definition) is 3. The predicted octanol–water partition coefficient (Wildman–Crippen LogP) is 1.21. The molecule has 8 heavy (non-hydrogen) atoms. The van der Waals surface area contributed by atoms with Gasteiger partial charge in [-0.3, -0.25) is 4.98 Å². The van der Waals surface area contributed by atoms with Gasteiger partial charge in [0.1, 0.15) is 6.10 Å². The van der Waals surface area contributed by atoms with E-state index in [1.54, 1.807) is 11.3 Å². The maximum absolute atomic E-state index is 5.02. The second-order valence-corrected chi connectivity index (χ2v) is 2.64. The lowest BCUT2D eigenvalue weighted by atomic mass is 10.4. The van der Waals surface area contributed by atoms with E-state index < -0.39 is 0 Å². The Morgan fingerprint density at radius 2 is 2.75 bits per heavy atom. The van der Waals surface area contributed by atoms with E-state index in [1.807, 2.05) is 11.7 Å². The van der Waals surface area contributed by atoms with Crippen LogP contribution in [0.5, 0.6) is 0 Å². The molecule has 0 spiro atoms. The average molecular weight is 127 g/mol. The van der Waals surface area contributed by atoms with Gasteiger partial charge in [-0.15, -0.1) is 11.3 Å². The minimum atomic E-state index is 0.391. The standard InChI is InChI=1S/C5H5NOS/c1-5(4-2-7-4)8-3-6-1/h1,3-4H,2H2/t4-/m1/s1. The van der Waals surface area contributed by atoms with Crippen molar-refractivity contribution < 1.29 is 4.74 Å². The van der Waals surface area contributed by atoms with Gasteiger partial charge >= 0.3 is 0 Å². The van der Waals surface area contributed by atoms with Gasteiger partial charge in [0.2, 0.25) is 0 Å². The first-order valence-corrected chi connectivity index (χ1v) is 3.35. The fourth-order valence-corrected chi connectivity index (χ4v) is 1.25. The Hall–Kier alpha value is -0.410. The first-order chi connectivity index (χ1) is 3.97. The van der Waals surface area contributed by atoms with E-state index in [1.165, 1.54) is 4.88 Å². The van der Waals surface area contributed by atoms with Crippen LogP contribution in [-0.2, 0) is 4.74 Å². The Kier molecular flexibility index (Phi) is 0.856. The van der Waals surface area contributed by atoms with Gasteiger partial charge in [-0.25, -0.2) is 0 Å². The van der Waals surface area contributed by atoms with E-state index in [0.29, 0.717) is 6.10 Å². The van der Waals surface area contributed by atoms with Crippen LogP contribution >= 0.6 is 11.3 Å². The van der Waals surface area contributed by atoms with Crippen LogP contribution in [0.15, 0.2) is 11.7 Å². The van der Waals surface area contributed by atoms with Gasteiger partial charge in [-0.1, -0.05) is 0 Å². The van der Waals surface area contributed by atoms with E-state index in [-0.39, 0.29) is 0 Å². The molecule has 3 heteroatoms. The second kappa shape index (κ2) is 1.53. The van der Waals surface area contributed by atoms with Crippen LogP contribution in [0, 0.1) is 0 Å². The van der Waals surface area contributed by atoms with Crippen molar-refractivity contribution in [2.75, 3.05) is 6.61 Å².